The molecular formula is C13H14ClF2NO3S. The fraction of sp³-hybridized carbons (Fsp3) is 0.462. The summed E-state index contributed by atoms with van der Waals surface area (Å²) < 4.78 is 49.7. The molecule has 1 aliphatic carbocycles. The van der Waals surface area contributed by atoms with Gasteiger partial charge in [-0.2, -0.15) is 0 Å². The normalized spacial score (nSPS) is 16.6. The Morgan fingerprint density at radius 3 is 2.57 bits per heavy atom. The van der Waals surface area contributed by atoms with Crippen LogP contribution in [0.5, 0.6) is 0 Å². The van der Waals surface area contributed by atoms with Crippen molar-refractivity contribution >= 4 is 25.6 Å². The molecule has 1 unspecified atom stereocenters. The van der Waals surface area contributed by atoms with E-state index in [0.29, 0.717) is 24.6 Å². The fourth-order valence-electron chi connectivity index (χ4n) is 2.09. The monoisotopic (exact) mass is 337 g/mol. The van der Waals surface area contributed by atoms with Crippen LogP contribution in [-0.4, -0.2) is 20.9 Å². The molecule has 8 heteroatoms. The van der Waals surface area contributed by atoms with Gasteiger partial charge in [-0.15, -0.1) is 0 Å². The number of benzene rings is 1. The second-order valence-electron chi connectivity index (χ2n) is 5.23. The molecule has 4 nitrogen and oxygen atoms in total. The van der Waals surface area contributed by atoms with Gasteiger partial charge in [-0.3, -0.25) is 4.79 Å². The first-order valence-corrected chi connectivity index (χ1v) is 8.73. The van der Waals surface area contributed by atoms with Crippen LogP contribution in [0, 0.1) is 23.5 Å². The Labute approximate surface area is 125 Å². The Morgan fingerprint density at radius 1 is 1.43 bits per heavy atom. The van der Waals surface area contributed by atoms with Gasteiger partial charge < -0.3 is 5.32 Å². The Bertz CT molecular complexity index is 674. The molecule has 21 heavy (non-hydrogen) atoms. The van der Waals surface area contributed by atoms with Gasteiger partial charge in [0.05, 0.1) is 5.56 Å². The summed E-state index contributed by atoms with van der Waals surface area (Å²) in [4.78, 5) is 10.9. The van der Waals surface area contributed by atoms with Gasteiger partial charge in [0.15, 0.2) is 5.82 Å². The molecule has 1 N–H and O–H groups in total. The van der Waals surface area contributed by atoms with Crippen molar-refractivity contribution in [3.8, 4) is 0 Å². The highest BCUT2D eigenvalue weighted by molar-refractivity contribution is 8.13. The van der Waals surface area contributed by atoms with Crippen molar-refractivity contribution < 1.29 is 22.0 Å². The second-order valence-corrected chi connectivity index (χ2v) is 7.76. The molecule has 1 fully saturated rings. The maximum Gasteiger partial charge on any atom is 0.264 e. The van der Waals surface area contributed by atoms with Crippen LogP contribution in [0.1, 0.15) is 30.1 Å². The number of nitrogens with one attached hydrogen (secondary N) is 1. The number of halogens is 3. The Hall–Kier alpha value is -1.21. The van der Waals surface area contributed by atoms with Crippen LogP contribution >= 0.6 is 10.7 Å². The second kappa shape index (κ2) is 5.88. The SMILES string of the molecule is CC(CNC(=O)c1cc(F)cc(S(=O)(=O)Cl)c1F)C1CC1. The highest BCUT2D eigenvalue weighted by Gasteiger charge is 2.29. The number of carbonyl (C=O) groups excluding carboxylic acids is 1. The molecule has 1 amide bonds. The first-order valence-electron chi connectivity index (χ1n) is 6.42. The summed E-state index contributed by atoms with van der Waals surface area (Å²) in [5.74, 6) is -2.47. The van der Waals surface area contributed by atoms with Crippen LogP contribution in [0.3, 0.4) is 0 Å². The largest absolute Gasteiger partial charge is 0.352 e. The molecule has 1 aromatic carbocycles. The topological polar surface area (TPSA) is 63.2 Å². The van der Waals surface area contributed by atoms with Crippen LogP contribution in [0.4, 0.5) is 8.78 Å². The van der Waals surface area contributed by atoms with Crippen LogP contribution in [0.15, 0.2) is 17.0 Å². The standard InChI is InChI=1S/C13H14ClF2NO3S/c1-7(8-2-3-8)6-17-13(18)10-4-9(15)5-11(12(10)16)21(14,19)20/h4-5,7-8H,2-3,6H2,1H3,(H,17,18). The first-order chi connectivity index (χ1) is 9.70. The van der Waals surface area contributed by atoms with Crippen molar-refractivity contribution in [2.24, 2.45) is 11.8 Å². The van der Waals surface area contributed by atoms with E-state index in [1.807, 2.05) is 6.92 Å². The molecule has 0 aliphatic heterocycles. The van der Waals surface area contributed by atoms with E-state index in [2.05, 4.69) is 5.32 Å². The predicted molar refractivity (Wildman–Crippen MR) is 73.6 cm³/mol. The molecule has 2 rings (SSSR count). The van der Waals surface area contributed by atoms with E-state index < -0.39 is 37.1 Å². The minimum Gasteiger partial charge on any atom is -0.352 e. The number of rotatable bonds is 5. The van der Waals surface area contributed by atoms with Crippen molar-refractivity contribution in [1.29, 1.82) is 0 Å². The van der Waals surface area contributed by atoms with Crippen molar-refractivity contribution in [2.45, 2.75) is 24.7 Å². The minimum absolute atomic E-state index is 0.238. The van der Waals surface area contributed by atoms with Crippen molar-refractivity contribution in [1.82, 2.24) is 5.32 Å². The molecule has 0 radical (unpaired) electrons. The van der Waals surface area contributed by atoms with E-state index in [-0.39, 0.29) is 5.92 Å². The van der Waals surface area contributed by atoms with Crippen molar-refractivity contribution in [3.05, 3.63) is 29.3 Å². The number of carbonyl (C=O) groups is 1. The lowest BCUT2D eigenvalue weighted by atomic mass is 10.1. The molecule has 0 aromatic heterocycles. The third kappa shape index (κ3) is 3.91. The summed E-state index contributed by atoms with van der Waals surface area (Å²) in [5, 5.41) is 2.48. The predicted octanol–water partition coefficient (Wildman–Crippen LogP) is 2.67. The molecule has 0 saturated heterocycles. The number of hydrogen-bond acceptors (Lipinski definition) is 3. The molecule has 1 aliphatic rings. The summed E-state index contributed by atoms with van der Waals surface area (Å²) in [6.45, 7) is 2.27. The van der Waals surface area contributed by atoms with Crippen LogP contribution < -0.4 is 5.32 Å². The van der Waals surface area contributed by atoms with Gasteiger partial charge in [0, 0.05) is 17.2 Å². The molecule has 0 spiro atoms. The summed E-state index contributed by atoms with van der Waals surface area (Å²) in [6.07, 6.45) is 2.19. The number of hydrogen-bond donors (Lipinski definition) is 1. The van der Waals surface area contributed by atoms with Crippen molar-refractivity contribution in [2.75, 3.05) is 6.54 Å². The zero-order chi connectivity index (χ0) is 15.8. The van der Waals surface area contributed by atoms with Crippen LogP contribution in [0.2, 0.25) is 0 Å². The maximum atomic E-state index is 14.0. The van der Waals surface area contributed by atoms with E-state index >= 15 is 0 Å². The smallest absolute Gasteiger partial charge is 0.264 e. The highest BCUT2D eigenvalue weighted by atomic mass is 35.7. The van der Waals surface area contributed by atoms with E-state index in [1.54, 1.807) is 0 Å². The minimum atomic E-state index is -4.47. The van der Waals surface area contributed by atoms with Gasteiger partial charge in [-0.25, -0.2) is 17.2 Å². The molecule has 1 atom stereocenters. The van der Waals surface area contributed by atoms with Gasteiger partial charge in [-0.05, 0) is 36.8 Å². The average Bonchev–Trinajstić information content (AvgIpc) is 3.20. The molecule has 0 heterocycles. The van der Waals surface area contributed by atoms with Crippen LogP contribution in [0.25, 0.3) is 0 Å². The van der Waals surface area contributed by atoms with E-state index in [1.165, 1.54) is 0 Å². The zero-order valence-electron chi connectivity index (χ0n) is 11.2. The molecule has 0 bridgehead atoms. The molecule has 116 valence electrons. The fourth-order valence-corrected chi connectivity index (χ4v) is 3.00. The molecule has 1 aromatic rings. The van der Waals surface area contributed by atoms with Crippen LogP contribution in [-0.2, 0) is 9.05 Å². The maximum absolute atomic E-state index is 14.0. The Morgan fingerprint density at radius 2 is 2.05 bits per heavy atom. The first kappa shape index (κ1) is 16.2. The average molecular weight is 338 g/mol. The molecular weight excluding hydrogens is 324 g/mol. The Balaban J connectivity index is 2.22. The van der Waals surface area contributed by atoms with Gasteiger partial charge in [0.2, 0.25) is 0 Å². The Kier molecular flexibility index (Phi) is 4.53. The lowest BCUT2D eigenvalue weighted by Gasteiger charge is -2.12. The summed E-state index contributed by atoms with van der Waals surface area (Å²) in [6, 6.07) is 1.10. The van der Waals surface area contributed by atoms with Gasteiger partial charge in [-0.1, -0.05) is 6.92 Å². The van der Waals surface area contributed by atoms with Crippen molar-refractivity contribution in [3.63, 3.8) is 0 Å². The third-order valence-corrected chi connectivity index (χ3v) is 4.84. The quantitative estimate of drug-likeness (QED) is 0.840. The van der Waals surface area contributed by atoms with Gasteiger partial charge in [0.25, 0.3) is 15.0 Å². The summed E-state index contributed by atoms with van der Waals surface area (Å²) in [7, 11) is 0.554. The molecule has 1 saturated carbocycles. The van der Waals surface area contributed by atoms with E-state index in [4.69, 9.17) is 10.7 Å². The lowest BCUT2D eigenvalue weighted by Crippen LogP contribution is -2.30. The van der Waals surface area contributed by atoms with E-state index in [9.17, 15) is 22.0 Å². The zero-order valence-corrected chi connectivity index (χ0v) is 12.8. The summed E-state index contributed by atoms with van der Waals surface area (Å²) in [5.41, 5.74) is -0.669. The van der Waals surface area contributed by atoms with Gasteiger partial charge >= 0.3 is 0 Å². The third-order valence-electron chi connectivity index (χ3n) is 3.52. The van der Waals surface area contributed by atoms with E-state index in [0.717, 1.165) is 12.8 Å². The van der Waals surface area contributed by atoms with Gasteiger partial charge in [0.1, 0.15) is 10.7 Å². The highest BCUT2D eigenvalue weighted by Crippen LogP contribution is 2.36. The summed E-state index contributed by atoms with van der Waals surface area (Å²) >= 11 is 0. The number of amides is 1. The lowest BCUT2D eigenvalue weighted by molar-refractivity contribution is 0.0941.